The molecule has 5 heteroatoms. The Bertz CT molecular complexity index is 1380. The van der Waals surface area contributed by atoms with Crippen molar-refractivity contribution in [3.63, 3.8) is 0 Å². The third-order valence-corrected chi connectivity index (χ3v) is 14.7. The molecule has 1 N–H and O–H groups in total. The third kappa shape index (κ3) is 63.6. The first-order chi connectivity index (χ1) is 37.6. The van der Waals surface area contributed by atoms with Gasteiger partial charge < -0.3 is 14.6 Å². The van der Waals surface area contributed by atoms with Crippen molar-refractivity contribution >= 4 is 11.9 Å². The number of aliphatic hydroxyl groups is 1. The van der Waals surface area contributed by atoms with Gasteiger partial charge in [0.2, 0.25) is 0 Å². The number of rotatable bonds is 61. The molecule has 0 saturated heterocycles. The lowest BCUT2D eigenvalue weighted by Crippen LogP contribution is -2.28. The van der Waals surface area contributed by atoms with E-state index in [4.69, 9.17) is 9.47 Å². The molecule has 0 aliphatic heterocycles. The number of esters is 2. The number of aliphatic hydroxyl groups excluding tert-OH is 1. The number of carbonyl (C=O) groups excluding carboxylic acids is 2. The van der Waals surface area contributed by atoms with Crippen molar-refractivity contribution < 1.29 is 24.2 Å². The molecule has 0 radical (unpaired) electrons. The van der Waals surface area contributed by atoms with E-state index in [2.05, 4.69) is 98.9 Å². The molecule has 76 heavy (non-hydrogen) atoms. The largest absolute Gasteiger partial charge is 0.462 e. The van der Waals surface area contributed by atoms with Gasteiger partial charge >= 0.3 is 11.9 Å². The van der Waals surface area contributed by atoms with Crippen LogP contribution in [0.3, 0.4) is 0 Å². The molecule has 0 saturated carbocycles. The lowest BCUT2D eigenvalue weighted by Gasteiger charge is -2.15. The lowest BCUT2D eigenvalue weighted by molar-refractivity contribution is -0.161. The molecule has 0 amide bonds. The van der Waals surface area contributed by atoms with Gasteiger partial charge in [0.05, 0.1) is 6.61 Å². The maximum Gasteiger partial charge on any atom is 0.306 e. The van der Waals surface area contributed by atoms with E-state index in [9.17, 15) is 14.7 Å². The van der Waals surface area contributed by atoms with Crippen molar-refractivity contribution in [2.45, 2.75) is 341 Å². The SMILES string of the molecule is CC/C=C\C/C=C\C/C=C\C/C=C\C/C=C\C/C=C\CCCCCCCCCCCCCCC(=O)OC(CO)COC(=O)CCCCCCCCCCCCCCCCCCCCC/C=C\CCCCCCCCCC. The van der Waals surface area contributed by atoms with E-state index in [1.165, 1.54) is 231 Å². The number of allylic oxidation sites excluding steroid dienone is 14. The van der Waals surface area contributed by atoms with Gasteiger partial charge in [-0.25, -0.2) is 0 Å². The smallest absolute Gasteiger partial charge is 0.306 e. The second-order valence-electron chi connectivity index (χ2n) is 22.2. The van der Waals surface area contributed by atoms with Gasteiger partial charge in [0.1, 0.15) is 6.61 Å². The Morgan fingerprint density at radius 1 is 0.316 bits per heavy atom. The van der Waals surface area contributed by atoms with Crippen LogP contribution in [0.15, 0.2) is 85.1 Å². The molecule has 0 spiro atoms. The van der Waals surface area contributed by atoms with Crippen LogP contribution < -0.4 is 0 Å². The van der Waals surface area contributed by atoms with Crippen LogP contribution in [0, 0.1) is 0 Å². The van der Waals surface area contributed by atoms with Gasteiger partial charge in [-0.05, 0) is 89.9 Å². The summed E-state index contributed by atoms with van der Waals surface area (Å²) in [6.45, 7) is 4.06. The van der Waals surface area contributed by atoms with Crippen molar-refractivity contribution in [1.82, 2.24) is 0 Å². The van der Waals surface area contributed by atoms with Crippen LogP contribution in [0.2, 0.25) is 0 Å². The summed E-state index contributed by atoms with van der Waals surface area (Å²) in [4.78, 5) is 24.6. The normalized spacial score (nSPS) is 12.7. The van der Waals surface area contributed by atoms with Crippen LogP contribution >= 0.6 is 0 Å². The van der Waals surface area contributed by atoms with Crippen molar-refractivity contribution in [1.29, 1.82) is 0 Å². The summed E-state index contributed by atoms with van der Waals surface area (Å²) < 4.78 is 10.8. The fourth-order valence-corrected chi connectivity index (χ4v) is 9.73. The van der Waals surface area contributed by atoms with Crippen LogP contribution in [-0.4, -0.2) is 36.4 Å². The monoisotopic (exact) mass is 1060 g/mol. The standard InChI is InChI=1S/C71H126O5/c1-3-5-7-9-11-13-15-17-19-21-23-25-27-29-31-33-35-37-39-41-43-45-47-49-51-53-55-57-59-61-63-65-70(73)75-68-69(67-72)76-71(74)66-64-62-60-58-56-54-52-50-48-46-44-42-40-38-36-34-32-30-28-26-24-22-20-18-16-14-12-10-8-6-4-2/h6,8,12,14,18,20-21,23-24,26,30,32,36,38,69,72H,3-5,7,9-11,13,15-17,19,22,25,27-29,31,33-35,37,39-68H2,1-2H3/b8-6-,14-12-,20-18-,23-21-,26-24-,32-30-,38-36-. The quantitative estimate of drug-likeness (QED) is 0.0373. The summed E-state index contributed by atoms with van der Waals surface area (Å²) in [7, 11) is 0. The highest BCUT2D eigenvalue weighted by atomic mass is 16.6. The van der Waals surface area contributed by atoms with Gasteiger partial charge in [-0.2, -0.15) is 0 Å². The van der Waals surface area contributed by atoms with Gasteiger partial charge in [0.15, 0.2) is 6.10 Å². The average Bonchev–Trinajstić information content (AvgIpc) is 3.42. The molecule has 5 nitrogen and oxygen atoms in total. The molecule has 0 aromatic rings. The lowest BCUT2D eigenvalue weighted by atomic mass is 10.0. The second kappa shape index (κ2) is 66.4. The van der Waals surface area contributed by atoms with Crippen LogP contribution in [-0.2, 0) is 19.1 Å². The first-order valence-electron chi connectivity index (χ1n) is 33.1. The highest BCUT2D eigenvalue weighted by Gasteiger charge is 2.16. The zero-order chi connectivity index (χ0) is 54.8. The summed E-state index contributed by atoms with van der Waals surface area (Å²) in [5.41, 5.74) is 0. The summed E-state index contributed by atoms with van der Waals surface area (Å²) >= 11 is 0. The van der Waals surface area contributed by atoms with Crippen LogP contribution in [0.25, 0.3) is 0 Å². The molecule has 0 rings (SSSR count). The Balaban J connectivity index is 3.45. The minimum absolute atomic E-state index is 0.0660. The van der Waals surface area contributed by atoms with E-state index in [0.29, 0.717) is 12.8 Å². The number of hydrogen-bond acceptors (Lipinski definition) is 5. The topological polar surface area (TPSA) is 72.8 Å². The molecule has 0 aromatic carbocycles. The van der Waals surface area contributed by atoms with Gasteiger partial charge in [-0.15, -0.1) is 0 Å². The van der Waals surface area contributed by atoms with Crippen molar-refractivity contribution in [2.75, 3.05) is 13.2 Å². The minimum atomic E-state index is -0.777. The molecular weight excluding hydrogens is 933 g/mol. The van der Waals surface area contributed by atoms with Gasteiger partial charge in [0.25, 0.3) is 0 Å². The molecule has 0 aromatic heterocycles. The Hall–Kier alpha value is -2.92. The third-order valence-electron chi connectivity index (χ3n) is 14.7. The molecule has 0 fully saturated rings. The van der Waals surface area contributed by atoms with Crippen LogP contribution in [0.1, 0.15) is 335 Å². The second-order valence-corrected chi connectivity index (χ2v) is 22.2. The first kappa shape index (κ1) is 73.1. The maximum absolute atomic E-state index is 12.4. The van der Waals surface area contributed by atoms with Crippen molar-refractivity contribution in [2.24, 2.45) is 0 Å². The predicted molar refractivity (Wildman–Crippen MR) is 334 cm³/mol. The molecule has 0 heterocycles. The number of ether oxygens (including phenoxy) is 2. The van der Waals surface area contributed by atoms with E-state index in [-0.39, 0.29) is 25.2 Å². The summed E-state index contributed by atoms with van der Waals surface area (Å²) in [5, 5.41) is 9.69. The van der Waals surface area contributed by atoms with Crippen LogP contribution in [0.5, 0.6) is 0 Å². The first-order valence-corrected chi connectivity index (χ1v) is 33.1. The van der Waals surface area contributed by atoms with E-state index >= 15 is 0 Å². The average molecular weight is 1060 g/mol. The fourth-order valence-electron chi connectivity index (χ4n) is 9.73. The predicted octanol–water partition coefficient (Wildman–Crippen LogP) is 22.9. The number of hydrogen-bond donors (Lipinski definition) is 1. The Morgan fingerprint density at radius 2 is 0.566 bits per heavy atom. The number of unbranched alkanes of at least 4 members (excludes halogenated alkanes) is 39. The molecule has 0 aliphatic carbocycles. The minimum Gasteiger partial charge on any atom is -0.462 e. The van der Waals surface area contributed by atoms with Gasteiger partial charge in [-0.1, -0.05) is 317 Å². The zero-order valence-electron chi connectivity index (χ0n) is 50.5. The summed E-state index contributed by atoms with van der Waals surface area (Å²) in [5.74, 6) is -0.581. The van der Waals surface area contributed by atoms with E-state index < -0.39 is 6.10 Å². The number of carbonyl (C=O) groups is 2. The summed E-state index contributed by atoms with van der Waals surface area (Å²) in [6, 6.07) is 0. The Kier molecular flexibility index (Phi) is 63.8. The van der Waals surface area contributed by atoms with Crippen LogP contribution in [0.4, 0.5) is 0 Å². The molecule has 440 valence electrons. The molecule has 0 aliphatic rings. The zero-order valence-corrected chi connectivity index (χ0v) is 50.5. The van der Waals surface area contributed by atoms with Gasteiger partial charge in [0, 0.05) is 12.8 Å². The molecule has 1 atom stereocenters. The van der Waals surface area contributed by atoms with Crippen molar-refractivity contribution in [3.05, 3.63) is 85.1 Å². The molecule has 1 unspecified atom stereocenters. The highest BCUT2D eigenvalue weighted by Crippen LogP contribution is 2.18. The molecular formula is C71H126O5. The molecule has 0 bridgehead atoms. The summed E-state index contributed by atoms with van der Waals surface area (Å²) in [6.07, 6.45) is 93.1. The van der Waals surface area contributed by atoms with E-state index in [0.717, 1.165) is 77.0 Å². The fraction of sp³-hybridized carbons (Fsp3) is 0.775. The highest BCUT2D eigenvalue weighted by molar-refractivity contribution is 5.70. The maximum atomic E-state index is 12.4. The van der Waals surface area contributed by atoms with E-state index in [1.54, 1.807) is 0 Å². The Labute approximate surface area is 473 Å². The Morgan fingerprint density at radius 3 is 0.868 bits per heavy atom. The van der Waals surface area contributed by atoms with E-state index in [1.807, 2.05) is 0 Å². The van der Waals surface area contributed by atoms with Gasteiger partial charge in [-0.3, -0.25) is 9.59 Å². The van der Waals surface area contributed by atoms with Crippen molar-refractivity contribution in [3.8, 4) is 0 Å².